The normalized spacial score (nSPS) is 14.5. The van der Waals surface area contributed by atoms with Crippen LogP contribution in [0.15, 0.2) is 36.7 Å². The number of hydrogen-bond acceptors (Lipinski definition) is 4. The van der Waals surface area contributed by atoms with Crippen LogP contribution in [0.1, 0.15) is 64.3 Å². The molecule has 0 bridgehead atoms. The molecule has 4 rings (SSSR count). The largest absolute Gasteiger partial charge is 0.492 e. The zero-order chi connectivity index (χ0) is 24.1. The number of hydrogen-bond donors (Lipinski definition) is 1. The molecule has 0 unspecified atom stereocenters. The summed E-state index contributed by atoms with van der Waals surface area (Å²) in [6.07, 6.45) is 10.8. The van der Waals surface area contributed by atoms with Crippen molar-refractivity contribution in [2.24, 2.45) is 5.92 Å². The van der Waals surface area contributed by atoms with Gasteiger partial charge in [0.1, 0.15) is 11.4 Å². The molecule has 7 heteroatoms. The molecule has 0 atom stereocenters. The van der Waals surface area contributed by atoms with E-state index in [0.29, 0.717) is 18.2 Å². The molecule has 3 heterocycles. The Labute approximate surface area is 202 Å². The Bertz CT molecular complexity index is 1100. The SMILES string of the molecule is CCOc1ccc(Cc2cc3cc(NC(=O)N(C)C(C)C)cnc3n2CC2CCCCC2)nc1. The number of aromatic nitrogens is 3. The van der Waals surface area contributed by atoms with E-state index in [4.69, 9.17) is 9.72 Å². The molecule has 3 aromatic rings. The summed E-state index contributed by atoms with van der Waals surface area (Å²) in [5, 5.41) is 4.03. The van der Waals surface area contributed by atoms with Crippen LogP contribution >= 0.6 is 0 Å². The minimum atomic E-state index is -0.128. The van der Waals surface area contributed by atoms with Crippen LogP contribution in [0.25, 0.3) is 11.0 Å². The molecule has 3 aromatic heterocycles. The molecule has 1 saturated carbocycles. The predicted molar refractivity (Wildman–Crippen MR) is 136 cm³/mol. The summed E-state index contributed by atoms with van der Waals surface area (Å²) < 4.78 is 7.91. The number of nitrogens with one attached hydrogen (secondary N) is 1. The van der Waals surface area contributed by atoms with Gasteiger partial charge < -0.3 is 19.5 Å². The second kappa shape index (κ2) is 10.9. The fourth-order valence-electron chi connectivity index (χ4n) is 4.65. The van der Waals surface area contributed by atoms with Gasteiger partial charge in [-0.15, -0.1) is 0 Å². The molecule has 1 fully saturated rings. The number of urea groups is 1. The number of nitrogens with zero attached hydrogens (tertiary/aromatic N) is 4. The summed E-state index contributed by atoms with van der Waals surface area (Å²) in [5.41, 5.74) is 3.89. The second-order valence-electron chi connectivity index (χ2n) is 9.62. The van der Waals surface area contributed by atoms with Crippen LogP contribution in [0.4, 0.5) is 10.5 Å². The summed E-state index contributed by atoms with van der Waals surface area (Å²) in [4.78, 5) is 23.6. The highest BCUT2D eigenvalue weighted by Crippen LogP contribution is 2.29. The third-order valence-corrected chi connectivity index (χ3v) is 6.80. The number of carbonyl (C=O) groups excluding carboxylic acids is 1. The Balaban J connectivity index is 1.62. The number of carbonyl (C=O) groups is 1. The summed E-state index contributed by atoms with van der Waals surface area (Å²) in [6, 6.07) is 8.25. The molecule has 0 saturated heterocycles. The van der Waals surface area contributed by atoms with Gasteiger partial charge in [0, 0.05) is 42.8 Å². The molecule has 34 heavy (non-hydrogen) atoms. The van der Waals surface area contributed by atoms with Crippen LogP contribution in [-0.4, -0.2) is 45.2 Å². The van der Waals surface area contributed by atoms with Crippen molar-refractivity contribution >= 4 is 22.8 Å². The Morgan fingerprint density at radius 1 is 1.18 bits per heavy atom. The number of anilines is 1. The molecular formula is C27H37N5O2. The molecule has 0 radical (unpaired) electrons. The van der Waals surface area contributed by atoms with Gasteiger partial charge in [0.25, 0.3) is 0 Å². The van der Waals surface area contributed by atoms with Gasteiger partial charge in [0.15, 0.2) is 0 Å². The maximum absolute atomic E-state index is 12.5. The van der Waals surface area contributed by atoms with Crippen molar-refractivity contribution in [2.45, 2.75) is 71.9 Å². The van der Waals surface area contributed by atoms with Crippen LogP contribution < -0.4 is 10.1 Å². The highest BCUT2D eigenvalue weighted by atomic mass is 16.5. The first-order valence-electron chi connectivity index (χ1n) is 12.5. The van der Waals surface area contributed by atoms with Gasteiger partial charge >= 0.3 is 6.03 Å². The second-order valence-corrected chi connectivity index (χ2v) is 9.62. The first-order valence-corrected chi connectivity index (χ1v) is 12.5. The topological polar surface area (TPSA) is 72.3 Å². The molecule has 0 aromatic carbocycles. The van der Waals surface area contributed by atoms with Crippen molar-refractivity contribution < 1.29 is 9.53 Å². The van der Waals surface area contributed by atoms with Crippen LogP contribution in [0.3, 0.4) is 0 Å². The zero-order valence-corrected chi connectivity index (χ0v) is 20.9. The van der Waals surface area contributed by atoms with Crippen molar-refractivity contribution in [3.8, 4) is 5.75 Å². The average Bonchev–Trinajstić information content (AvgIpc) is 3.16. The maximum Gasteiger partial charge on any atom is 0.321 e. The number of amides is 2. The molecule has 182 valence electrons. The summed E-state index contributed by atoms with van der Waals surface area (Å²) >= 11 is 0. The van der Waals surface area contributed by atoms with E-state index in [1.807, 2.05) is 39.0 Å². The van der Waals surface area contributed by atoms with Crippen molar-refractivity contribution in [1.29, 1.82) is 0 Å². The molecular weight excluding hydrogens is 426 g/mol. The fourth-order valence-corrected chi connectivity index (χ4v) is 4.65. The number of ether oxygens (including phenoxy) is 1. The Morgan fingerprint density at radius 3 is 2.65 bits per heavy atom. The molecule has 0 aliphatic heterocycles. The van der Waals surface area contributed by atoms with E-state index in [9.17, 15) is 4.79 Å². The van der Waals surface area contributed by atoms with Gasteiger partial charge in [0.05, 0.1) is 24.7 Å². The predicted octanol–water partition coefficient (Wildman–Crippen LogP) is 5.87. The van der Waals surface area contributed by atoms with E-state index in [1.54, 1.807) is 24.3 Å². The van der Waals surface area contributed by atoms with Crippen LogP contribution in [0.2, 0.25) is 0 Å². The maximum atomic E-state index is 12.5. The van der Waals surface area contributed by atoms with Gasteiger partial charge in [-0.3, -0.25) is 4.98 Å². The van der Waals surface area contributed by atoms with E-state index in [0.717, 1.165) is 35.4 Å². The molecule has 2 amide bonds. The lowest BCUT2D eigenvalue weighted by molar-refractivity contribution is 0.211. The monoisotopic (exact) mass is 463 g/mol. The molecule has 1 aliphatic carbocycles. The van der Waals surface area contributed by atoms with Crippen molar-refractivity contribution in [3.05, 3.63) is 48.0 Å². The fraction of sp³-hybridized carbons (Fsp3) is 0.519. The highest BCUT2D eigenvalue weighted by molar-refractivity contribution is 5.92. The Morgan fingerprint density at radius 2 is 1.97 bits per heavy atom. The molecule has 1 N–H and O–H groups in total. The summed E-state index contributed by atoms with van der Waals surface area (Å²) in [5.74, 6) is 1.47. The van der Waals surface area contributed by atoms with Crippen molar-refractivity contribution in [3.63, 3.8) is 0 Å². The van der Waals surface area contributed by atoms with Gasteiger partial charge in [0.2, 0.25) is 0 Å². The quantitative estimate of drug-likeness (QED) is 0.453. The third-order valence-electron chi connectivity index (χ3n) is 6.80. The van der Waals surface area contributed by atoms with Crippen LogP contribution in [0, 0.1) is 5.92 Å². The van der Waals surface area contributed by atoms with E-state index < -0.39 is 0 Å². The van der Waals surface area contributed by atoms with Gasteiger partial charge in [-0.25, -0.2) is 9.78 Å². The smallest absolute Gasteiger partial charge is 0.321 e. The lowest BCUT2D eigenvalue weighted by Gasteiger charge is -2.23. The highest BCUT2D eigenvalue weighted by Gasteiger charge is 2.19. The average molecular weight is 464 g/mol. The first-order chi connectivity index (χ1) is 16.4. The Hall–Kier alpha value is -3.09. The van der Waals surface area contributed by atoms with Crippen molar-refractivity contribution in [2.75, 3.05) is 19.0 Å². The van der Waals surface area contributed by atoms with Gasteiger partial charge in [-0.1, -0.05) is 19.3 Å². The van der Waals surface area contributed by atoms with Crippen molar-refractivity contribution in [1.82, 2.24) is 19.4 Å². The van der Waals surface area contributed by atoms with E-state index in [2.05, 4.69) is 20.9 Å². The molecule has 7 nitrogen and oxygen atoms in total. The minimum absolute atomic E-state index is 0.126. The van der Waals surface area contributed by atoms with E-state index in [-0.39, 0.29) is 12.1 Å². The zero-order valence-electron chi connectivity index (χ0n) is 20.9. The van der Waals surface area contributed by atoms with Crippen LogP contribution in [0.5, 0.6) is 5.75 Å². The lowest BCUT2D eigenvalue weighted by Crippen LogP contribution is -2.36. The lowest BCUT2D eigenvalue weighted by atomic mass is 9.89. The minimum Gasteiger partial charge on any atom is -0.492 e. The third kappa shape index (κ3) is 5.69. The van der Waals surface area contributed by atoms with Gasteiger partial charge in [-0.2, -0.15) is 0 Å². The molecule has 0 spiro atoms. The van der Waals surface area contributed by atoms with Crippen LogP contribution in [-0.2, 0) is 13.0 Å². The van der Waals surface area contributed by atoms with E-state index >= 15 is 0 Å². The molecule has 1 aliphatic rings. The Kier molecular flexibility index (Phi) is 7.70. The number of fused-ring (bicyclic) bond motifs is 1. The van der Waals surface area contributed by atoms with E-state index in [1.165, 1.54) is 37.8 Å². The number of pyridine rings is 2. The summed E-state index contributed by atoms with van der Waals surface area (Å²) in [6.45, 7) is 7.57. The first kappa shape index (κ1) is 24.0. The number of rotatable bonds is 8. The van der Waals surface area contributed by atoms with Gasteiger partial charge in [-0.05, 0) is 63.8 Å². The standard InChI is InChI=1S/C27H37N5O2/c1-5-34-25-12-11-22(28-17-25)15-24-14-21-13-23(30-27(33)31(4)19(2)3)16-29-26(21)32(24)18-20-9-7-6-8-10-20/h11-14,16-17,19-20H,5-10,15,18H2,1-4H3,(H,30,33). The summed E-state index contributed by atoms with van der Waals surface area (Å²) in [7, 11) is 1.80.